The molecule has 0 saturated heterocycles. The molecule has 1 aliphatic carbocycles. The van der Waals surface area contributed by atoms with Crippen molar-refractivity contribution in [1.82, 2.24) is 0 Å². The van der Waals surface area contributed by atoms with E-state index < -0.39 is 11.7 Å². The van der Waals surface area contributed by atoms with E-state index in [1.54, 1.807) is 12.1 Å². The molecule has 0 bridgehead atoms. The molecule has 0 saturated carbocycles. The summed E-state index contributed by atoms with van der Waals surface area (Å²) in [6, 6.07) is 13.8. The standard InChI is InChI=1S/C17H14BrF3/c18-16-13(10-12-3-1-2-4-15(12)16)9-11-5-7-14(8-6-11)17(19,20)21/h1-8,13,16H,9-10H2. The number of rotatable bonds is 2. The summed E-state index contributed by atoms with van der Waals surface area (Å²) in [5.74, 6) is 0.388. The number of fused-ring (bicyclic) bond motifs is 1. The van der Waals surface area contributed by atoms with Gasteiger partial charge >= 0.3 is 6.18 Å². The van der Waals surface area contributed by atoms with Gasteiger partial charge in [-0.1, -0.05) is 52.3 Å². The normalized spacial score (nSPS) is 21.3. The van der Waals surface area contributed by atoms with E-state index in [9.17, 15) is 13.2 Å². The molecule has 2 atom stereocenters. The Labute approximate surface area is 130 Å². The van der Waals surface area contributed by atoms with Crippen LogP contribution in [0.3, 0.4) is 0 Å². The van der Waals surface area contributed by atoms with Crippen LogP contribution >= 0.6 is 15.9 Å². The molecule has 4 heteroatoms. The van der Waals surface area contributed by atoms with E-state index in [-0.39, 0.29) is 4.83 Å². The van der Waals surface area contributed by atoms with E-state index in [1.165, 1.54) is 23.3 Å². The van der Waals surface area contributed by atoms with Crippen molar-refractivity contribution in [1.29, 1.82) is 0 Å². The lowest BCUT2D eigenvalue weighted by molar-refractivity contribution is -0.137. The molecule has 1 aliphatic rings. The summed E-state index contributed by atoms with van der Waals surface area (Å²) in [6.45, 7) is 0. The number of hydrogen-bond acceptors (Lipinski definition) is 0. The maximum atomic E-state index is 12.6. The molecule has 0 nitrogen and oxygen atoms in total. The maximum Gasteiger partial charge on any atom is 0.416 e. The summed E-state index contributed by atoms with van der Waals surface area (Å²) in [7, 11) is 0. The third-order valence-electron chi connectivity index (χ3n) is 4.03. The second-order valence-corrected chi connectivity index (χ2v) is 6.45. The summed E-state index contributed by atoms with van der Waals surface area (Å²) in [4.78, 5) is 0.274. The van der Waals surface area contributed by atoms with Crippen LogP contribution in [0.25, 0.3) is 0 Å². The lowest BCUT2D eigenvalue weighted by Crippen LogP contribution is -2.08. The van der Waals surface area contributed by atoms with Crippen LogP contribution in [0.1, 0.15) is 27.1 Å². The van der Waals surface area contributed by atoms with Gasteiger partial charge in [-0.2, -0.15) is 13.2 Å². The molecule has 2 unspecified atom stereocenters. The van der Waals surface area contributed by atoms with Gasteiger partial charge in [0.15, 0.2) is 0 Å². The molecular formula is C17H14BrF3. The van der Waals surface area contributed by atoms with Crippen molar-refractivity contribution in [2.75, 3.05) is 0 Å². The van der Waals surface area contributed by atoms with Gasteiger partial charge in [-0.3, -0.25) is 0 Å². The lowest BCUT2D eigenvalue weighted by atomic mass is 9.96. The van der Waals surface area contributed by atoms with Crippen LogP contribution in [0, 0.1) is 5.92 Å². The number of alkyl halides is 4. The summed E-state index contributed by atoms with van der Waals surface area (Å²) in [5, 5.41) is 0. The molecule has 0 N–H and O–H groups in total. The molecular weight excluding hydrogens is 341 g/mol. The summed E-state index contributed by atoms with van der Waals surface area (Å²) in [5.41, 5.74) is 2.99. The van der Waals surface area contributed by atoms with Gasteiger partial charge in [-0.05, 0) is 47.6 Å². The second-order valence-electron chi connectivity index (χ2n) is 5.46. The Morgan fingerprint density at radius 3 is 2.29 bits per heavy atom. The van der Waals surface area contributed by atoms with Gasteiger partial charge in [0.2, 0.25) is 0 Å². The van der Waals surface area contributed by atoms with Crippen molar-refractivity contribution in [2.24, 2.45) is 5.92 Å². The predicted octanol–water partition coefficient (Wildman–Crippen LogP) is 5.56. The molecule has 0 radical (unpaired) electrons. The number of halogens is 4. The van der Waals surface area contributed by atoms with Crippen molar-refractivity contribution >= 4 is 15.9 Å². The highest BCUT2D eigenvalue weighted by Crippen LogP contribution is 2.43. The minimum Gasteiger partial charge on any atom is -0.166 e. The van der Waals surface area contributed by atoms with E-state index in [1.807, 2.05) is 12.1 Å². The lowest BCUT2D eigenvalue weighted by Gasteiger charge is -2.15. The molecule has 21 heavy (non-hydrogen) atoms. The monoisotopic (exact) mass is 354 g/mol. The fraction of sp³-hybridized carbons (Fsp3) is 0.294. The number of benzene rings is 2. The highest BCUT2D eigenvalue weighted by molar-refractivity contribution is 9.09. The zero-order chi connectivity index (χ0) is 15.0. The van der Waals surface area contributed by atoms with Crippen LogP contribution < -0.4 is 0 Å². The Balaban J connectivity index is 1.74. The first-order chi connectivity index (χ1) is 9.95. The van der Waals surface area contributed by atoms with Crippen molar-refractivity contribution in [2.45, 2.75) is 23.8 Å². The first-order valence-corrected chi connectivity index (χ1v) is 7.75. The van der Waals surface area contributed by atoms with Gasteiger partial charge in [-0.25, -0.2) is 0 Å². The Morgan fingerprint density at radius 1 is 1.00 bits per heavy atom. The van der Waals surface area contributed by atoms with Crippen molar-refractivity contribution in [3.8, 4) is 0 Å². The van der Waals surface area contributed by atoms with Crippen LogP contribution in [-0.4, -0.2) is 0 Å². The van der Waals surface area contributed by atoms with Crippen LogP contribution in [0.2, 0.25) is 0 Å². The Bertz CT molecular complexity index is 631. The largest absolute Gasteiger partial charge is 0.416 e. The van der Waals surface area contributed by atoms with E-state index >= 15 is 0 Å². The van der Waals surface area contributed by atoms with E-state index in [0.29, 0.717) is 5.92 Å². The summed E-state index contributed by atoms with van der Waals surface area (Å²) < 4.78 is 37.7. The zero-order valence-electron chi connectivity index (χ0n) is 11.2. The molecule has 110 valence electrons. The molecule has 0 aliphatic heterocycles. The van der Waals surface area contributed by atoms with Gasteiger partial charge < -0.3 is 0 Å². The predicted molar refractivity (Wildman–Crippen MR) is 80.5 cm³/mol. The quantitative estimate of drug-likeness (QED) is 0.619. The number of hydrogen-bond donors (Lipinski definition) is 0. The van der Waals surface area contributed by atoms with Crippen LogP contribution in [0.5, 0.6) is 0 Å². The van der Waals surface area contributed by atoms with Crippen molar-refractivity contribution in [3.63, 3.8) is 0 Å². The van der Waals surface area contributed by atoms with E-state index in [0.717, 1.165) is 18.4 Å². The Hall–Kier alpha value is -1.29. The maximum absolute atomic E-state index is 12.6. The molecule has 0 heterocycles. The molecule has 2 aromatic carbocycles. The summed E-state index contributed by atoms with van der Waals surface area (Å²) in [6.07, 6.45) is -2.52. The highest BCUT2D eigenvalue weighted by Gasteiger charge is 2.32. The average molecular weight is 355 g/mol. The topological polar surface area (TPSA) is 0 Å². The first-order valence-electron chi connectivity index (χ1n) is 6.83. The molecule has 0 aromatic heterocycles. The van der Waals surface area contributed by atoms with E-state index in [4.69, 9.17) is 0 Å². The highest BCUT2D eigenvalue weighted by atomic mass is 79.9. The van der Waals surface area contributed by atoms with Gasteiger partial charge in [0.05, 0.1) is 5.56 Å². The van der Waals surface area contributed by atoms with Crippen molar-refractivity contribution in [3.05, 3.63) is 70.8 Å². The summed E-state index contributed by atoms with van der Waals surface area (Å²) >= 11 is 3.73. The Morgan fingerprint density at radius 2 is 1.67 bits per heavy atom. The smallest absolute Gasteiger partial charge is 0.166 e. The zero-order valence-corrected chi connectivity index (χ0v) is 12.8. The second kappa shape index (κ2) is 5.48. The van der Waals surface area contributed by atoms with E-state index in [2.05, 4.69) is 28.1 Å². The van der Waals surface area contributed by atoms with Crippen LogP contribution in [0.4, 0.5) is 13.2 Å². The molecule has 2 aromatic rings. The third-order valence-corrected chi connectivity index (χ3v) is 5.27. The fourth-order valence-electron chi connectivity index (χ4n) is 2.94. The van der Waals surface area contributed by atoms with Crippen LogP contribution in [0.15, 0.2) is 48.5 Å². The molecule has 0 amide bonds. The Kier molecular flexibility index (Phi) is 3.82. The minimum absolute atomic E-state index is 0.274. The average Bonchev–Trinajstić information content (AvgIpc) is 2.76. The third kappa shape index (κ3) is 3.00. The van der Waals surface area contributed by atoms with Gasteiger partial charge in [-0.15, -0.1) is 0 Å². The first kappa shape index (κ1) is 14.6. The van der Waals surface area contributed by atoms with Crippen molar-refractivity contribution < 1.29 is 13.2 Å². The van der Waals surface area contributed by atoms with Gasteiger partial charge in [0.25, 0.3) is 0 Å². The van der Waals surface area contributed by atoms with Gasteiger partial charge in [0, 0.05) is 4.83 Å². The van der Waals surface area contributed by atoms with Gasteiger partial charge in [0.1, 0.15) is 0 Å². The molecule has 0 spiro atoms. The van der Waals surface area contributed by atoms with Crippen LogP contribution in [-0.2, 0) is 19.0 Å². The fourth-order valence-corrected chi connectivity index (χ4v) is 3.76. The molecule has 3 rings (SSSR count). The SMILES string of the molecule is FC(F)(F)c1ccc(CC2Cc3ccccc3C2Br)cc1. The molecule has 0 fully saturated rings. The minimum atomic E-state index is -4.26.